The van der Waals surface area contributed by atoms with E-state index < -0.39 is 0 Å². The average Bonchev–Trinajstić information content (AvgIpc) is 2.73. The lowest BCUT2D eigenvalue weighted by Gasteiger charge is -2.12. The summed E-state index contributed by atoms with van der Waals surface area (Å²) >= 11 is 0. The average molecular weight is 359 g/mol. The molecule has 0 atom stereocenters. The molecule has 1 aromatic heterocycles. The first kappa shape index (κ1) is 18.4. The van der Waals surface area contributed by atoms with E-state index in [1.54, 1.807) is 19.2 Å². The molecule has 0 bridgehead atoms. The summed E-state index contributed by atoms with van der Waals surface area (Å²) < 4.78 is 11.2. The van der Waals surface area contributed by atoms with Crippen molar-refractivity contribution < 1.29 is 9.47 Å². The monoisotopic (exact) mass is 359 g/mol. The van der Waals surface area contributed by atoms with Crippen LogP contribution in [0.3, 0.4) is 0 Å². The predicted octanol–water partition coefficient (Wildman–Crippen LogP) is 3.71. The highest BCUT2D eigenvalue weighted by atomic mass is 16.5. The Morgan fingerprint density at radius 1 is 1.04 bits per heavy atom. The third kappa shape index (κ3) is 4.63. The fourth-order valence-electron chi connectivity index (χ4n) is 2.70. The van der Waals surface area contributed by atoms with Gasteiger partial charge in [0.05, 0.1) is 24.4 Å². The normalized spacial score (nSPS) is 10.3. The van der Waals surface area contributed by atoms with Gasteiger partial charge in [-0.05, 0) is 60.5 Å². The van der Waals surface area contributed by atoms with Gasteiger partial charge in [-0.2, -0.15) is 5.26 Å². The van der Waals surface area contributed by atoms with Crippen LogP contribution in [0.15, 0.2) is 60.8 Å². The number of rotatable bonds is 7. The highest BCUT2D eigenvalue weighted by Crippen LogP contribution is 2.30. The molecule has 2 N–H and O–H groups in total. The topological polar surface area (TPSA) is 81.2 Å². The van der Waals surface area contributed by atoms with Crippen molar-refractivity contribution in [3.8, 4) is 28.8 Å². The molecule has 2 aromatic carbocycles. The van der Waals surface area contributed by atoms with E-state index >= 15 is 0 Å². The van der Waals surface area contributed by atoms with Crippen molar-refractivity contribution in [1.82, 2.24) is 4.98 Å². The Morgan fingerprint density at radius 2 is 1.81 bits per heavy atom. The molecule has 3 rings (SSSR count). The maximum absolute atomic E-state index is 9.21. The van der Waals surface area contributed by atoms with Crippen LogP contribution in [-0.4, -0.2) is 18.6 Å². The van der Waals surface area contributed by atoms with Gasteiger partial charge < -0.3 is 15.2 Å². The smallest absolute Gasteiger partial charge is 0.130 e. The van der Waals surface area contributed by atoms with Gasteiger partial charge in [0.2, 0.25) is 0 Å². The van der Waals surface area contributed by atoms with Gasteiger partial charge in [-0.15, -0.1) is 0 Å². The Bertz CT molecular complexity index is 929. The van der Waals surface area contributed by atoms with Gasteiger partial charge in [0.1, 0.15) is 18.1 Å². The summed E-state index contributed by atoms with van der Waals surface area (Å²) in [5, 5.41) is 9.21. The Balaban J connectivity index is 1.85. The highest BCUT2D eigenvalue weighted by Gasteiger charge is 2.10. The second-order valence-electron chi connectivity index (χ2n) is 6.05. The van der Waals surface area contributed by atoms with Crippen LogP contribution in [-0.2, 0) is 13.0 Å². The number of pyridine rings is 1. The molecule has 0 amide bonds. The maximum atomic E-state index is 9.21. The summed E-state index contributed by atoms with van der Waals surface area (Å²) in [4.78, 5) is 4.53. The summed E-state index contributed by atoms with van der Waals surface area (Å²) in [7, 11) is 1.64. The standard InChI is InChI=1S/C22H21N3O2/c1-26-19-6-2-17(3-7-19)15-27-22-12-18(13-24)4-8-20(22)21-9-5-16(10-11-23)14-25-21/h2-9,12,14H,10-11,15,23H2,1H3. The van der Waals surface area contributed by atoms with Crippen molar-refractivity contribution in [2.75, 3.05) is 13.7 Å². The molecule has 136 valence electrons. The van der Waals surface area contributed by atoms with E-state index in [-0.39, 0.29) is 0 Å². The summed E-state index contributed by atoms with van der Waals surface area (Å²) in [6, 6.07) is 19.2. The van der Waals surface area contributed by atoms with Crippen LogP contribution in [0.4, 0.5) is 0 Å². The number of aromatic nitrogens is 1. The van der Waals surface area contributed by atoms with Gasteiger partial charge in [0.15, 0.2) is 0 Å². The molecule has 0 unspecified atom stereocenters. The molecular formula is C22H21N3O2. The lowest BCUT2D eigenvalue weighted by Crippen LogP contribution is -2.03. The van der Waals surface area contributed by atoms with Gasteiger partial charge >= 0.3 is 0 Å². The number of benzene rings is 2. The number of hydrogen-bond donors (Lipinski definition) is 1. The zero-order valence-electron chi connectivity index (χ0n) is 15.2. The van der Waals surface area contributed by atoms with Gasteiger partial charge in [-0.3, -0.25) is 4.98 Å². The summed E-state index contributed by atoms with van der Waals surface area (Å²) in [5.74, 6) is 1.43. The van der Waals surface area contributed by atoms with Gasteiger partial charge in [0, 0.05) is 11.8 Å². The van der Waals surface area contributed by atoms with Crippen LogP contribution < -0.4 is 15.2 Å². The summed E-state index contributed by atoms with van der Waals surface area (Å²) in [6.07, 6.45) is 2.62. The van der Waals surface area contributed by atoms with Crippen molar-refractivity contribution in [2.24, 2.45) is 5.73 Å². The van der Waals surface area contributed by atoms with Gasteiger partial charge in [-0.1, -0.05) is 18.2 Å². The van der Waals surface area contributed by atoms with Crippen LogP contribution in [0, 0.1) is 11.3 Å². The minimum atomic E-state index is 0.386. The molecule has 0 spiro atoms. The molecule has 0 fully saturated rings. The molecule has 0 aliphatic carbocycles. The van der Waals surface area contributed by atoms with Crippen LogP contribution in [0.25, 0.3) is 11.3 Å². The third-order valence-electron chi connectivity index (χ3n) is 4.20. The molecule has 27 heavy (non-hydrogen) atoms. The molecule has 0 aliphatic rings. The highest BCUT2D eigenvalue weighted by molar-refractivity contribution is 5.68. The first-order valence-corrected chi connectivity index (χ1v) is 8.68. The Morgan fingerprint density at radius 3 is 2.44 bits per heavy atom. The van der Waals surface area contributed by atoms with Crippen molar-refractivity contribution in [3.63, 3.8) is 0 Å². The maximum Gasteiger partial charge on any atom is 0.130 e. The first-order valence-electron chi connectivity index (χ1n) is 8.68. The van der Waals surface area contributed by atoms with E-state index in [1.165, 1.54) is 0 Å². The first-order chi connectivity index (χ1) is 13.2. The number of methoxy groups -OCH3 is 1. The fraction of sp³-hybridized carbons (Fsp3) is 0.182. The van der Waals surface area contributed by atoms with Crippen LogP contribution in [0.2, 0.25) is 0 Å². The second-order valence-corrected chi connectivity index (χ2v) is 6.05. The SMILES string of the molecule is COc1ccc(COc2cc(C#N)ccc2-c2ccc(CCN)cn2)cc1. The number of nitrogens with two attached hydrogens (primary N) is 1. The quantitative estimate of drug-likeness (QED) is 0.695. The van der Waals surface area contributed by atoms with Crippen molar-refractivity contribution in [1.29, 1.82) is 5.26 Å². The van der Waals surface area contributed by atoms with Crippen molar-refractivity contribution >= 4 is 0 Å². The number of ether oxygens (including phenoxy) is 2. The van der Waals surface area contributed by atoms with Gasteiger partial charge in [0.25, 0.3) is 0 Å². The fourth-order valence-corrected chi connectivity index (χ4v) is 2.70. The molecule has 0 aliphatic heterocycles. The molecule has 5 heteroatoms. The molecule has 0 saturated carbocycles. The van der Waals surface area contributed by atoms with E-state index in [2.05, 4.69) is 11.1 Å². The molecule has 1 heterocycles. The number of hydrogen-bond acceptors (Lipinski definition) is 5. The molecule has 3 aromatic rings. The largest absolute Gasteiger partial charge is 0.497 e. The lowest BCUT2D eigenvalue weighted by molar-refractivity contribution is 0.307. The van der Waals surface area contributed by atoms with E-state index in [0.29, 0.717) is 24.5 Å². The molecular weight excluding hydrogens is 338 g/mol. The minimum absolute atomic E-state index is 0.386. The lowest BCUT2D eigenvalue weighted by atomic mass is 10.1. The number of nitriles is 1. The number of nitrogens with zero attached hydrogens (tertiary/aromatic N) is 2. The Labute approximate surface area is 159 Å². The van der Waals surface area contributed by atoms with E-state index in [1.807, 2.05) is 48.7 Å². The van der Waals surface area contributed by atoms with E-state index in [0.717, 1.165) is 34.6 Å². The van der Waals surface area contributed by atoms with Crippen molar-refractivity contribution in [3.05, 3.63) is 77.5 Å². The zero-order valence-corrected chi connectivity index (χ0v) is 15.2. The zero-order chi connectivity index (χ0) is 19.1. The van der Waals surface area contributed by atoms with E-state index in [4.69, 9.17) is 15.2 Å². The van der Waals surface area contributed by atoms with Crippen molar-refractivity contribution in [2.45, 2.75) is 13.0 Å². The van der Waals surface area contributed by atoms with Crippen LogP contribution in [0.1, 0.15) is 16.7 Å². The van der Waals surface area contributed by atoms with E-state index in [9.17, 15) is 5.26 Å². The Kier molecular flexibility index (Phi) is 6.03. The predicted molar refractivity (Wildman–Crippen MR) is 104 cm³/mol. The summed E-state index contributed by atoms with van der Waals surface area (Å²) in [6.45, 7) is 0.977. The second kappa shape index (κ2) is 8.84. The van der Waals surface area contributed by atoms with Crippen LogP contribution >= 0.6 is 0 Å². The molecule has 0 saturated heterocycles. The summed E-state index contributed by atoms with van der Waals surface area (Å²) in [5.41, 5.74) is 9.89. The molecule has 0 radical (unpaired) electrons. The molecule has 5 nitrogen and oxygen atoms in total. The van der Waals surface area contributed by atoms with Gasteiger partial charge in [-0.25, -0.2) is 0 Å². The van der Waals surface area contributed by atoms with Crippen LogP contribution in [0.5, 0.6) is 11.5 Å². The minimum Gasteiger partial charge on any atom is -0.497 e. The third-order valence-corrected chi connectivity index (χ3v) is 4.20. The Hall–Kier alpha value is -3.36.